The first-order chi connectivity index (χ1) is 4.79. The second-order valence-corrected chi connectivity index (χ2v) is 2.35. The molecule has 0 atom stereocenters. The van der Waals surface area contributed by atoms with Gasteiger partial charge in [0.1, 0.15) is 0 Å². The van der Waals surface area contributed by atoms with Gasteiger partial charge in [0, 0.05) is 18.1 Å². The van der Waals surface area contributed by atoms with Gasteiger partial charge in [-0.25, -0.2) is 0 Å². The summed E-state index contributed by atoms with van der Waals surface area (Å²) in [5.74, 6) is 0. The van der Waals surface area contributed by atoms with Crippen LogP contribution in [0.25, 0.3) is 0 Å². The van der Waals surface area contributed by atoms with E-state index in [9.17, 15) is 10.1 Å². The van der Waals surface area contributed by atoms with E-state index in [-0.39, 0.29) is 29.2 Å². The summed E-state index contributed by atoms with van der Waals surface area (Å²) in [7, 11) is 0. The van der Waals surface area contributed by atoms with Gasteiger partial charge >= 0.3 is 0 Å². The molecule has 1 aromatic carbocycles. The Morgan fingerprint density at radius 3 is 2.58 bits per heavy atom. The summed E-state index contributed by atoms with van der Waals surface area (Å²) >= 11 is 0. The molecule has 0 bridgehead atoms. The molecule has 0 spiro atoms. The van der Waals surface area contributed by atoms with Gasteiger partial charge in [0.25, 0.3) is 5.69 Å². The Morgan fingerprint density at radius 1 is 1.42 bits per heavy atom. The van der Waals surface area contributed by atoms with Crippen LogP contribution in [0.5, 0.6) is 0 Å². The summed E-state index contributed by atoms with van der Waals surface area (Å²) in [6, 6.07) is 5.19. The van der Waals surface area contributed by atoms with Crippen molar-refractivity contribution in [2.75, 3.05) is 0 Å². The third-order valence-electron chi connectivity index (χ3n) is 1.69. The van der Waals surface area contributed by atoms with E-state index in [1.807, 2.05) is 6.07 Å². The highest BCUT2D eigenvalue weighted by molar-refractivity contribution is 5.85. The molecular formula is C7H9ClN2O2. The minimum absolute atomic E-state index is 0. The largest absolute Gasteiger partial charge is 0.344 e. The Balaban J connectivity index is 0.000000605. The molecule has 3 N–H and O–H groups in total. The lowest BCUT2D eigenvalue weighted by Crippen LogP contribution is -1.85. The number of hydrogen-bond donors (Lipinski definition) is 1. The Morgan fingerprint density at radius 2 is 2.08 bits per heavy atom. The van der Waals surface area contributed by atoms with Gasteiger partial charge in [0.2, 0.25) is 0 Å². The molecule has 0 unspecified atom stereocenters. The lowest BCUT2D eigenvalue weighted by atomic mass is 10.3. The average molecular weight is 189 g/mol. The summed E-state index contributed by atoms with van der Waals surface area (Å²) in [5, 5.41) is 10.3. The predicted molar refractivity (Wildman–Crippen MR) is 48.2 cm³/mol. The zero-order valence-electron chi connectivity index (χ0n) is 6.32. The molecule has 0 radical (unpaired) electrons. The summed E-state index contributed by atoms with van der Waals surface area (Å²) in [6.45, 7) is 0. The van der Waals surface area contributed by atoms with Crippen LogP contribution in [0.4, 0.5) is 5.69 Å². The highest BCUT2D eigenvalue weighted by Crippen LogP contribution is 2.35. The smallest absolute Gasteiger partial charge is 0.273 e. The SMILES string of the molecule is Cl.N.O=[N+]([O-])c1cccc2c1C2. The van der Waals surface area contributed by atoms with E-state index in [0.717, 1.165) is 17.5 Å². The third-order valence-corrected chi connectivity index (χ3v) is 1.69. The van der Waals surface area contributed by atoms with E-state index in [1.54, 1.807) is 12.1 Å². The molecule has 0 amide bonds. The minimum atomic E-state index is -0.328. The Labute approximate surface area is 75.7 Å². The van der Waals surface area contributed by atoms with E-state index in [2.05, 4.69) is 0 Å². The molecule has 4 nitrogen and oxygen atoms in total. The highest BCUT2D eigenvalue weighted by Gasteiger charge is 2.26. The number of nitrogens with zero attached hydrogens (tertiary/aromatic N) is 1. The predicted octanol–water partition coefficient (Wildman–Crippen LogP) is 2.08. The van der Waals surface area contributed by atoms with Crippen LogP contribution in [-0.4, -0.2) is 4.92 Å². The molecule has 0 heterocycles. The van der Waals surface area contributed by atoms with E-state index in [4.69, 9.17) is 0 Å². The molecule has 0 saturated carbocycles. The van der Waals surface area contributed by atoms with Gasteiger partial charge in [0.15, 0.2) is 0 Å². The van der Waals surface area contributed by atoms with Crippen LogP contribution in [0.2, 0.25) is 0 Å². The molecule has 1 aliphatic rings. The minimum Gasteiger partial charge on any atom is -0.344 e. The van der Waals surface area contributed by atoms with Crippen LogP contribution >= 0.6 is 12.4 Å². The fourth-order valence-electron chi connectivity index (χ4n) is 1.09. The molecule has 2 rings (SSSR count). The van der Waals surface area contributed by atoms with E-state index in [1.165, 1.54) is 0 Å². The lowest BCUT2D eigenvalue weighted by Gasteiger charge is -1.85. The van der Waals surface area contributed by atoms with Crippen molar-refractivity contribution < 1.29 is 4.92 Å². The molecule has 1 aromatic rings. The molecule has 66 valence electrons. The first-order valence-corrected chi connectivity index (χ1v) is 3.04. The van der Waals surface area contributed by atoms with Gasteiger partial charge in [-0.05, 0) is 5.56 Å². The molecule has 0 fully saturated rings. The summed E-state index contributed by atoms with van der Waals surface area (Å²) in [4.78, 5) is 9.93. The van der Waals surface area contributed by atoms with Gasteiger partial charge in [-0.15, -0.1) is 12.4 Å². The normalized spacial score (nSPS) is 10.3. The molecular weight excluding hydrogens is 180 g/mol. The summed E-state index contributed by atoms with van der Waals surface area (Å²) in [6.07, 6.45) is 0.809. The zero-order valence-corrected chi connectivity index (χ0v) is 7.13. The molecule has 12 heavy (non-hydrogen) atoms. The maximum absolute atomic E-state index is 10.3. The van der Waals surface area contributed by atoms with Crippen LogP contribution < -0.4 is 6.15 Å². The summed E-state index contributed by atoms with van der Waals surface area (Å²) < 4.78 is 0. The number of nitro groups is 1. The van der Waals surface area contributed by atoms with Gasteiger partial charge in [-0.1, -0.05) is 12.1 Å². The van der Waals surface area contributed by atoms with Crippen molar-refractivity contribution >= 4 is 18.1 Å². The van der Waals surface area contributed by atoms with Crippen molar-refractivity contribution in [1.29, 1.82) is 0 Å². The topological polar surface area (TPSA) is 78.1 Å². The van der Waals surface area contributed by atoms with Crippen molar-refractivity contribution in [3.05, 3.63) is 39.4 Å². The van der Waals surface area contributed by atoms with Gasteiger partial charge < -0.3 is 6.15 Å². The van der Waals surface area contributed by atoms with Gasteiger partial charge in [-0.2, -0.15) is 0 Å². The quantitative estimate of drug-likeness (QED) is 0.550. The Bertz CT molecular complexity index is 314. The monoisotopic (exact) mass is 188 g/mol. The average Bonchev–Trinajstić information content (AvgIpc) is 2.63. The van der Waals surface area contributed by atoms with Crippen molar-refractivity contribution in [1.82, 2.24) is 6.15 Å². The molecule has 0 aliphatic heterocycles. The van der Waals surface area contributed by atoms with E-state index >= 15 is 0 Å². The molecule has 1 aliphatic carbocycles. The maximum Gasteiger partial charge on any atom is 0.273 e. The van der Waals surface area contributed by atoms with Crippen molar-refractivity contribution in [3.8, 4) is 0 Å². The second kappa shape index (κ2) is 3.51. The summed E-state index contributed by atoms with van der Waals surface area (Å²) in [5.41, 5.74) is 2.30. The Kier molecular flexibility index (Phi) is 3.18. The lowest BCUT2D eigenvalue weighted by molar-refractivity contribution is -0.385. The second-order valence-electron chi connectivity index (χ2n) is 2.35. The van der Waals surface area contributed by atoms with Crippen molar-refractivity contribution in [3.63, 3.8) is 0 Å². The van der Waals surface area contributed by atoms with Gasteiger partial charge in [-0.3, -0.25) is 10.1 Å². The van der Waals surface area contributed by atoms with E-state index in [0.29, 0.717) is 0 Å². The van der Waals surface area contributed by atoms with Crippen LogP contribution in [-0.2, 0) is 6.42 Å². The number of fused-ring (bicyclic) bond motifs is 1. The third kappa shape index (κ3) is 1.54. The number of benzene rings is 1. The zero-order chi connectivity index (χ0) is 7.14. The molecule has 5 heteroatoms. The van der Waals surface area contributed by atoms with Crippen LogP contribution in [0.15, 0.2) is 18.2 Å². The first kappa shape index (κ1) is 10.9. The molecule has 0 aromatic heterocycles. The number of rotatable bonds is 1. The fourth-order valence-corrected chi connectivity index (χ4v) is 1.09. The first-order valence-electron chi connectivity index (χ1n) is 3.04. The molecule has 0 saturated heterocycles. The Hall–Kier alpha value is -1.13. The standard InChI is InChI=1S/C7H5NO2.ClH.H3N/c9-8(10)7-3-1-2-5-4-6(5)7;;/h1-3H,4H2;1H;1H3. The van der Waals surface area contributed by atoms with Gasteiger partial charge in [0.05, 0.1) is 4.92 Å². The number of nitro benzene ring substituents is 1. The highest BCUT2D eigenvalue weighted by atomic mass is 35.5. The maximum atomic E-state index is 10.3. The fraction of sp³-hybridized carbons (Fsp3) is 0.143. The number of halogens is 1. The van der Waals surface area contributed by atoms with Crippen molar-refractivity contribution in [2.24, 2.45) is 0 Å². The van der Waals surface area contributed by atoms with Crippen LogP contribution in [0, 0.1) is 10.1 Å². The number of hydrogen-bond acceptors (Lipinski definition) is 3. The van der Waals surface area contributed by atoms with Crippen LogP contribution in [0.3, 0.4) is 0 Å². The van der Waals surface area contributed by atoms with Crippen LogP contribution in [0.1, 0.15) is 11.1 Å². The van der Waals surface area contributed by atoms with E-state index < -0.39 is 0 Å². The van der Waals surface area contributed by atoms with Crippen molar-refractivity contribution in [2.45, 2.75) is 6.42 Å².